The summed E-state index contributed by atoms with van der Waals surface area (Å²) in [5.74, 6) is 12.1. The number of rotatable bonds is 11. The summed E-state index contributed by atoms with van der Waals surface area (Å²) in [4.78, 5) is 30.0. The first kappa shape index (κ1) is 24.7. The number of unbranched alkanes of at least 4 members (excludes halogenated alkanes) is 3. The number of anilines is 1. The number of nitrogens with two attached hydrogens (primary N) is 2. The Bertz CT molecular complexity index is 1150. The van der Waals surface area contributed by atoms with Crippen molar-refractivity contribution in [3.8, 4) is 0 Å². The Morgan fingerprint density at radius 1 is 1.00 bits per heavy atom. The van der Waals surface area contributed by atoms with Crippen molar-refractivity contribution >= 4 is 28.5 Å². The minimum atomic E-state index is -0.441. The highest BCUT2D eigenvalue weighted by molar-refractivity contribution is 6.03. The number of para-hydroxylation sites is 1. The molecule has 3 aromatic rings. The monoisotopic (exact) mass is 478 g/mol. The number of hydrogen-bond donors (Lipinski definition) is 3. The van der Waals surface area contributed by atoms with Gasteiger partial charge in [-0.25, -0.2) is 27.0 Å². The van der Waals surface area contributed by atoms with E-state index in [2.05, 4.69) is 16.1 Å². The van der Waals surface area contributed by atoms with E-state index in [1.807, 2.05) is 48.7 Å². The van der Waals surface area contributed by atoms with Crippen LogP contribution in [0.5, 0.6) is 0 Å². The van der Waals surface area contributed by atoms with Gasteiger partial charge in [0.2, 0.25) is 5.91 Å². The molecule has 1 aliphatic rings. The number of nitrogens with one attached hydrogen (secondary N) is 1. The highest BCUT2D eigenvalue weighted by Crippen LogP contribution is 2.33. The minimum absolute atomic E-state index is 0.137. The molecule has 0 aliphatic carbocycles. The molecule has 0 radical (unpaired) electrons. The summed E-state index contributed by atoms with van der Waals surface area (Å²) in [6.45, 7) is 1.65. The number of aryl methyl sites for hydroxylation is 2. The lowest BCUT2D eigenvalue weighted by Crippen LogP contribution is -2.50. The third-order valence-corrected chi connectivity index (χ3v) is 6.34. The van der Waals surface area contributed by atoms with Crippen LogP contribution in [0, 0.1) is 0 Å². The third-order valence-electron chi connectivity index (χ3n) is 6.34. The van der Waals surface area contributed by atoms with E-state index in [0.29, 0.717) is 25.3 Å². The van der Waals surface area contributed by atoms with Gasteiger partial charge in [-0.05, 0) is 36.8 Å². The van der Waals surface area contributed by atoms with E-state index in [0.717, 1.165) is 71.6 Å². The first-order valence-electron chi connectivity index (χ1n) is 12.2. The van der Waals surface area contributed by atoms with Crippen molar-refractivity contribution in [2.75, 3.05) is 11.6 Å². The molecule has 1 aliphatic heterocycles. The Kier molecular flexibility index (Phi) is 8.36. The standard InChI is InChI=1S/C26H34N6O3/c27-31(17-7-2-1-6-15-24(33)29-35-19-20-10-4-3-5-11-20)26(34)32(28)23-18-30-16-9-13-21-12-8-14-22(23)25(21)30/h3-5,8,10-12,14,18H,1-2,6-7,9,13,15-17,19,27-28H2,(H,29,33). The third kappa shape index (κ3) is 6.19. The van der Waals surface area contributed by atoms with Crippen molar-refractivity contribution in [2.45, 2.75) is 58.1 Å². The van der Waals surface area contributed by atoms with Crippen molar-refractivity contribution in [2.24, 2.45) is 11.7 Å². The van der Waals surface area contributed by atoms with Crippen molar-refractivity contribution in [3.63, 3.8) is 0 Å². The summed E-state index contributed by atoms with van der Waals surface area (Å²) in [6.07, 6.45) is 7.62. The number of hydrogen-bond acceptors (Lipinski definition) is 5. The number of hydrazine groups is 2. The van der Waals surface area contributed by atoms with Crippen LogP contribution in [0.25, 0.3) is 10.9 Å². The SMILES string of the molecule is NN(CCCCCCC(=O)NOCc1ccccc1)C(=O)N(N)c1cn2c3c(cccc13)CCC2. The summed E-state index contributed by atoms with van der Waals surface area (Å²) in [5.41, 5.74) is 6.57. The average molecular weight is 479 g/mol. The van der Waals surface area contributed by atoms with Crippen LogP contribution in [-0.4, -0.2) is 28.1 Å². The van der Waals surface area contributed by atoms with E-state index in [1.165, 1.54) is 5.56 Å². The van der Waals surface area contributed by atoms with Crippen LogP contribution < -0.4 is 22.2 Å². The van der Waals surface area contributed by atoms with Gasteiger partial charge in [-0.15, -0.1) is 0 Å². The Labute approximate surface area is 205 Å². The van der Waals surface area contributed by atoms with E-state index in [9.17, 15) is 9.59 Å². The lowest BCUT2D eigenvalue weighted by molar-refractivity contribution is -0.134. The lowest BCUT2D eigenvalue weighted by Gasteiger charge is -2.23. The van der Waals surface area contributed by atoms with E-state index in [4.69, 9.17) is 16.5 Å². The second-order valence-corrected chi connectivity index (χ2v) is 8.93. The first-order valence-corrected chi connectivity index (χ1v) is 12.2. The summed E-state index contributed by atoms with van der Waals surface area (Å²) < 4.78 is 2.17. The number of hydroxylamine groups is 1. The van der Waals surface area contributed by atoms with Gasteiger partial charge in [0.25, 0.3) is 0 Å². The van der Waals surface area contributed by atoms with Gasteiger partial charge >= 0.3 is 6.03 Å². The zero-order valence-corrected chi connectivity index (χ0v) is 20.0. The number of carbonyl (C=O) groups excluding carboxylic acids is 2. The normalized spacial score (nSPS) is 12.5. The van der Waals surface area contributed by atoms with Crippen LogP contribution >= 0.6 is 0 Å². The van der Waals surface area contributed by atoms with Crippen LogP contribution in [-0.2, 0) is 29.2 Å². The Morgan fingerprint density at radius 2 is 1.80 bits per heavy atom. The van der Waals surface area contributed by atoms with Crippen molar-refractivity contribution in [1.29, 1.82) is 0 Å². The van der Waals surface area contributed by atoms with Crippen molar-refractivity contribution in [3.05, 3.63) is 65.9 Å². The molecule has 2 heterocycles. The molecule has 186 valence electrons. The molecule has 2 aromatic carbocycles. The maximum atomic E-state index is 12.8. The molecule has 1 aromatic heterocycles. The lowest BCUT2D eigenvalue weighted by atomic mass is 10.0. The Morgan fingerprint density at radius 3 is 2.63 bits per heavy atom. The molecule has 35 heavy (non-hydrogen) atoms. The molecule has 0 fully saturated rings. The minimum Gasteiger partial charge on any atom is -0.345 e. The molecule has 9 heteroatoms. The molecule has 0 saturated heterocycles. The summed E-state index contributed by atoms with van der Waals surface area (Å²) in [5, 5.41) is 3.28. The van der Waals surface area contributed by atoms with Gasteiger partial charge in [0.15, 0.2) is 0 Å². The molecule has 4 rings (SSSR count). The highest BCUT2D eigenvalue weighted by atomic mass is 16.6. The molecular formula is C26H34N6O3. The molecule has 5 N–H and O–H groups in total. The first-order chi connectivity index (χ1) is 17.0. The fourth-order valence-electron chi connectivity index (χ4n) is 4.51. The van der Waals surface area contributed by atoms with E-state index >= 15 is 0 Å². The van der Waals surface area contributed by atoms with Crippen LogP contribution in [0.15, 0.2) is 54.7 Å². The van der Waals surface area contributed by atoms with Gasteiger partial charge in [-0.3, -0.25) is 14.6 Å². The zero-order chi connectivity index (χ0) is 24.6. The maximum Gasteiger partial charge on any atom is 0.353 e. The van der Waals surface area contributed by atoms with E-state index < -0.39 is 6.03 Å². The fourth-order valence-corrected chi connectivity index (χ4v) is 4.51. The van der Waals surface area contributed by atoms with Crippen molar-refractivity contribution < 1.29 is 14.4 Å². The maximum absolute atomic E-state index is 12.8. The van der Waals surface area contributed by atoms with Crippen LogP contribution in [0.1, 0.15) is 49.7 Å². The van der Waals surface area contributed by atoms with E-state index in [1.54, 1.807) is 0 Å². The van der Waals surface area contributed by atoms with Crippen LogP contribution in [0.2, 0.25) is 0 Å². The summed E-state index contributed by atoms with van der Waals surface area (Å²) >= 11 is 0. The molecule has 3 amide bonds. The number of amides is 3. The fraction of sp³-hybridized carbons (Fsp3) is 0.385. The molecule has 9 nitrogen and oxygen atoms in total. The summed E-state index contributed by atoms with van der Waals surface area (Å²) in [7, 11) is 0. The summed E-state index contributed by atoms with van der Waals surface area (Å²) in [6, 6.07) is 15.3. The quantitative estimate of drug-likeness (QED) is 0.168. The predicted molar refractivity (Wildman–Crippen MR) is 136 cm³/mol. The zero-order valence-electron chi connectivity index (χ0n) is 20.0. The molecule has 0 saturated carbocycles. The van der Waals surface area contributed by atoms with E-state index in [-0.39, 0.29) is 5.91 Å². The molecule has 0 spiro atoms. The second-order valence-electron chi connectivity index (χ2n) is 8.93. The smallest absolute Gasteiger partial charge is 0.345 e. The van der Waals surface area contributed by atoms with Gasteiger partial charge in [0.05, 0.1) is 17.8 Å². The van der Waals surface area contributed by atoms with Crippen LogP contribution in [0.4, 0.5) is 10.5 Å². The largest absolute Gasteiger partial charge is 0.353 e. The molecule has 0 unspecified atom stereocenters. The Hall–Kier alpha value is -3.40. The number of nitrogens with zero attached hydrogens (tertiary/aromatic N) is 3. The van der Waals surface area contributed by atoms with Crippen molar-refractivity contribution in [1.82, 2.24) is 15.1 Å². The van der Waals surface area contributed by atoms with Gasteiger partial charge < -0.3 is 4.57 Å². The van der Waals surface area contributed by atoms with Gasteiger partial charge in [0.1, 0.15) is 0 Å². The van der Waals surface area contributed by atoms with Crippen LogP contribution in [0.3, 0.4) is 0 Å². The topological polar surface area (TPSA) is 119 Å². The molecule has 0 atom stereocenters. The molecule has 0 bridgehead atoms. The highest BCUT2D eigenvalue weighted by Gasteiger charge is 2.23. The predicted octanol–water partition coefficient (Wildman–Crippen LogP) is 3.76. The molecular weight excluding hydrogens is 444 g/mol. The second kappa shape index (κ2) is 11.8. The van der Waals surface area contributed by atoms with Gasteiger partial charge in [-0.1, -0.05) is 61.4 Å². The number of benzene rings is 2. The average Bonchev–Trinajstić information content (AvgIpc) is 3.26. The number of carbonyl (C=O) groups is 2. The Balaban J connectivity index is 1.14. The number of urea groups is 1. The number of aromatic nitrogens is 1. The van der Waals surface area contributed by atoms with Gasteiger partial charge in [-0.2, -0.15) is 0 Å². The van der Waals surface area contributed by atoms with Gasteiger partial charge in [0, 0.05) is 31.1 Å².